The van der Waals surface area contributed by atoms with Gasteiger partial charge in [-0.25, -0.2) is 17.2 Å². The van der Waals surface area contributed by atoms with Gasteiger partial charge in [-0.2, -0.15) is 0 Å². The molecule has 4 nitrogen and oxygen atoms in total. The number of nitrogens with one attached hydrogen (secondary N) is 1. The molecule has 0 saturated heterocycles. The summed E-state index contributed by atoms with van der Waals surface area (Å²) in [5.41, 5.74) is -0.138. The third kappa shape index (κ3) is 4.09. The van der Waals surface area contributed by atoms with E-state index in [-0.39, 0.29) is 10.6 Å². The van der Waals surface area contributed by atoms with Crippen molar-refractivity contribution >= 4 is 21.4 Å². The molecule has 21 heavy (non-hydrogen) atoms. The van der Waals surface area contributed by atoms with E-state index in [0.717, 1.165) is 12.1 Å². The van der Waals surface area contributed by atoms with Crippen molar-refractivity contribution in [3.8, 4) is 0 Å². The molecule has 0 fully saturated rings. The Bertz CT molecular complexity index is 741. The molecule has 0 spiro atoms. The zero-order chi connectivity index (χ0) is 15.5. The molecule has 0 bridgehead atoms. The first-order valence-electron chi connectivity index (χ1n) is 5.90. The molecule has 0 aromatic heterocycles. The van der Waals surface area contributed by atoms with Crippen LogP contribution in [0.5, 0.6) is 0 Å². The fourth-order valence-corrected chi connectivity index (χ4v) is 2.86. The Labute approximate surface area is 120 Å². The molecule has 1 N–H and O–H groups in total. The van der Waals surface area contributed by atoms with E-state index in [9.17, 15) is 22.0 Å². The molecule has 0 atom stereocenters. The Balaban J connectivity index is 2.11. The largest absolute Gasteiger partial charge is 0.325 e. The van der Waals surface area contributed by atoms with Gasteiger partial charge in [0.25, 0.3) is 0 Å². The highest BCUT2D eigenvalue weighted by atomic mass is 32.2. The number of carbonyl (C=O) groups is 1. The first kappa shape index (κ1) is 15.1. The maximum absolute atomic E-state index is 13.0. The topological polar surface area (TPSA) is 63.2 Å². The van der Waals surface area contributed by atoms with E-state index >= 15 is 0 Å². The number of hydrogen-bond donors (Lipinski definition) is 1. The van der Waals surface area contributed by atoms with E-state index < -0.39 is 33.1 Å². The van der Waals surface area contributed by atoms with Crippen LogP contribution >= 0.6 is 0 Å². The van der Waals surface area contributed by atoms with Crippen LogP contribution in [0.1, 0.15) is 0 Å². The zero-order valence-electron chi connectivity index (χ0n) is 10.7. The first-order chi connectivity index (χ1) is 9.87. The number of sulfone groups is 1. The molecule has 0 aliphatic heterocycles. The zero-order valence-corrected chi connectivity index (χ0v) is 11.5. The Morgan fingerprint density at radius 3 is 2.14 bits per heavy atom. The average Bonchev–Trinajstić information content (AvgIpc) is 2.37. The standard InChI is InChI=1S/C14H11F2NO3S/c15-10-6-11(16)8-12(7-10)17-14(18)9-21(19,20)13-4-2-1-3-5-13/h1-8H,9H2,(H,17,18). The fraction of sp³-hybridized carbons (Fsp3) is 0.0714. The molecule has 0 aliphatic rings. The van der Waals surface area contributed by atoms with Crippen LogP contribution in [0.3, 0.4) is 0 Å². The molecular weight excluding hydrogens is 300 g/mol. The highest BCUT2D eigenvalue weighted by Crippen LogP contribution is 2.14. The van der Waals surface area contributed by atoms with Gasteiger partial charge in [-0.3, -0.25) is 4.79 Å². The molecule has 0 heterocycles. The van der Waals surface area contributed by atoms with E-state index in [4.69, 9.17) is 0 Å². The van der Waals surface area contributed by atoms with Crippen LogP contribution in [0.4, 0.5) is 14.5 Å². The first-order valence-corrected chi connectivity index (χ1v) is 7.56. The van der Waals surface area contributed by atoms with E-state index in [1.54, 1.807) is 6.07 Å². The van der Waals surface area contributed by atoms with Crippen LogP contribution in [-0.2, 0) is 14.6 Å². The van der Waals surface area contributed by atoms with Crippen molar-refractivity contribution in [1.82, 2.24) is 0 Å². The van der Waals surface area contributed by atoms with Gasteiger partial charge in [-0.15, -0.1) is 0 Å². The number of amides is 1. The van der Waals surface area contributed by atoms with E-state index in [0.29, 0.717) is 6.07 Å². The molecule has 0 saturated carbocycles. The minimum absolute atomic E-state index is 0.00516. The van der Waals surface area contributed by atoms with Crippen LogP contribution < -0.4 is 5.32 Å². The van der Waals surface area contributed by atoms with Crippen LogP contribution in [0.25, 0.3) is 0 Å². The van der Waals surface area contributed by atoms with Gasteiger partial charge in [0.2, 0.25) is 5.91 Å². The predicted octanol–water partition coefficient (Wildman–Crippen LogP) is 2.38. The monoisotopic (exact) mass is 311 g/mol. The number of rotatable bonds is 4. The molecule has 0 radical (unpaired) electrons. The summed E-state index contributed by atoms with van der Waals surface area (Å²) >= 11 is 0. The number of carbonyl (C=O) groups excluding carboxylic acids is 1. The fourth-order valence-electron chi connectivity index (χ4n) is 1.71. The third-order valence-electron chi connectivity index (χ3n) is 2.57. The number of hydrogen-bond acceptors (Lipinski definition) is 3. The van der Waals surface area contributed by atoms with Crippen molar-refractivity contribution in [2.75, 3.05) is 11.1 Å². The molecule has 7 heteroatoms. The van der Waals surface area contributed by atoms with Crippen LogP contribution in [-0.4, -0.2) is 20.1 Å². The predicted molar refractivity (Wildman–Crippen MR) is 73.5 cm³/mol. The number of halogens is 2. The summed E-state index contributed by atoms with van der Waals surface area (Å²) in [5, 5.41) is 2.15. The second-order valence-electron chi connectivity index (χ2n) is 4.28. The van der Waals surface area contributed by atoms with Gasteiger partial charge in [-0.05, 0) is 24.3 Å². The minimum Gasteiger partial charge on any atom is -0.325 e. The highest BCUT2D eigenvalue weighted by Gasteiger charge is 2.19. The van der Waals surface area contributed by atoms with Crippen molar-refractivity contribution < 1.29 is 22.0 Å². The van der Waals surface area contributed by atoms with Crippen LogP contribution in [0.2, 0.25) is 0 Å². The van der Waals surface area contributed by atoms with Gasteiger partial charge in [-0.1, -0.05) is 18.2 Å². The quantitative estimate of drug-likeness (QED) is 0.943. The van der Waals surface area contributed by atoms with Crippen LogP contribution in [0.15, 0.2) is 53.4 Å². The molecule has 2 aromatic carbocycles. The van der Waals surface area contributed by atoms with Crippen LogP contribution in [0, 0.1) is 11.6 Å². The Morgan fingerprint density at radius 1 is 1.00 bits per heavy atom. The Morgan fingerprint density at radius 2 is 1.57 bits per heavy atom. The summed E-state index contributed by atoms with van der Waals surface area (Å²) in [7, 11) is -3.80. The normalized spacial score (nSPS) is 11.1. The van der Waals surface area contributed by atoms with Gasteiger partial charge >= 0.3 is 0 Å². The van der Waals surface area contributed by atoms with Gasteiger partial charge in [0.15, 0.2) is 9.84 Å². The maximum atomic E-state index is 13.0. The summed E-state index contributed by atoms with van der Waals surface area (Å²) in [6.07, 6.45) is 0. The van der Waals surface area contributed by atoms with Crippen molar-refractivity contribution in [2.45, 2.75) is 4.90 Å². The minimum atomic E-state index is -3.80. The second-order valence-corrected chi connectivity index (χ2v) is 6.27. The van der Waals surface area contributed by atoms with Crippen molar-refractivity contribution in [3.05, 3.63) is 60.2 Å². The van der Waals surface area contributed by atoms with E-state index in [1.165, 1.54) is 24.3 Å². The van der Waals surface area contributed by atoms with E-state index in [2.05, 4.69) is 5.32 Å². The summed E-state index contributed by atoms with van der Waals surface area (Å²) in [4.78, 5) is 11.7. The van der Waals surface area contributed by atoms with Gasteiger partial charge in [0.05, 0.1) is 4.90 Å². The average molecular weight is 311 g/mol. The van der Waals surface area contributed by atoms with Gasteiger partial charge < -0.3 is 5.32 Å². The van der Waals surface area contributed by atoms with Gasteiger partial charge in [0.1, 0.15) is 17.4 Å². The second kappa shape index (κ2) is 6.01. The molecule has 1 amide bonds. The summed E-state index contributed by atoms with van der Waals surface area (Å²) in [5.74, 6) is -3.41. The lowest BCUT2D eigenvalue weighted by molar-refractivity contribution is -0.113. The molecule has 110 valence electrons. The lowest BCUT2D eigenvalue weighted by Crippen LogP contribution is -2.23. The summed E-state index contributed by atoms with van der Waals surface area (Å²) in [6, 6.07) is 9.89. The Kier molecular flexibility index (Phi) is 4.32. The lowest BCUT2D eigenvalue weighted by Gasteiger charge is -2.07. The third-order valence-corrected chi connectivity index (χ3v) is 4.20. The van der Waals surface area contributed by atoms with Crippen molar-refractivity contribution in [3.63, 3.8) is 0 Å². The van der Waals surface area contributed by atoms with Crippen molar-refractivity contribution in [1.29, 1.82) is 0 Å². The number of benzene rings is 2. The molecular formula is C14H11F2NO3S. The molecule has 2 aromatic rings. The maximum Gasteiger partial charge on any atom is 0.239 e. The number of anilines is 1. The van der Waals surface area contributed by atoms with E-state index in [1.807, 2.05) is 0 Å². The summed E-state index contributed by atoms with van der Waals surface area (Å²) in [6.45, 7) is 0. The van der Waals surface area contributed by atoms with Crippen molar-refractivity contribution in [2.24, 2.45) is 0 Å². The molecule has 2 rings (SSSR count). The molecule has 0 aliphatic carbocycles. The van der Waals surface area contributed by atoms with Gasteiger partial charge in [0, 0.05) is 11.8 Å². The smallest absolute Gasteiger partial charge is 0.239 e. The summed E-state index contributed by atoms with van der Waals surface area (Å²) < 4.78 is 49.9. The SMILES string of the molecule is O=C(CS(=O)(=O)c1ccccc1)Nc1cc(F)cc(F)c1. The Hall–Kier alpha value is -2.28. The molecule has 0 unspecified atom stereocenters. The highest BCUT2D eigenvalue weighted by molar-refractivity contribution is 7.92. The lowest BCUT2D eigenvalue weighted by atomic mass is 10.3.